The lowest BCUT2D eigenvalue weighted by atomic mass is 10.2. The fourth-order valence-corrected chi connectivity index (χ4v) is 1.98. The predicted octanol–water partition coefficient (Wildman–Crippen LogP) is 1.05. The zero-order valence-electron chi connectivity index (χ0n) is 10.4. The summed E-state index contributed by atoms with van der Waals surface area (Å²) in [6.07, 6.45) is 0. The number of amides is 1. The Labute approximate surface area is 115 Å². The minimum atomic E-state index is -0.642. The van der Waals surface area contributed by atoms with Crippen LogP contribution in [0.25, 0.3) is 0 Å². The molecule has 1 aromatic carbocycles. The van der Waals surface area contributed by atoms with Crippen LogP contribution < -0.4 is 15.8 Å². The SMILES string of the molecule is COCC(N)C(=O)NCc1ccc(OC)c(Br)c1. The van der Waals surface area contributed by atoms with Crippen molar-refractivity contribution in [1.29, 1.82) is 0 Å². The summed E-state index contributed by atoms with van der Waals surface area (Å²) in [5.41, 5.74) is 6.56. The van der Waals surface area contributed by atoms with Gasteiger partial charge in [0, 0.05) is 13.7 Å². The van der Waals surface area contributed by atoms with Crippen LogP contribution >= 0.6 is 15.9 Å². The number of hydrogen-bond donors (Lipinski definition) is 2. The topological polar surface area (TPSA) is 73.6 Å². The van der Waals surface area contributed by atoms with E-state index < -0.39 is 6.04 Å². The third-order valence-electron chi connectivity index (χ3n) is 2.37. The van der Waals surface area contributed by atoms with E-state index in [-0.39, 0.29) is 12.5 Å². The highest BCUT2D eigenvalue weighted by Crippen LogP contribution is 2.25. The lowest BCUT2D eigenvalue weighted by Crippen LogP contribution is -2.43. The van der Waals surface area contributed by atoms with Gasteiger partial charge in [-0.2, -0.15) is 0 Å². The van der Waals surface area contributed by atoms with Crippen molar-refractivity contribution in [2.24, 2.45) is 5.73 Å². The summed E-state index contributed by atoms with van der Waals surface area (Å²) in [6.45, 7) is 0.622. The first-order valence-electron chi connectivity index (χ1n) is 5.43. The van der Waals surface area contributed by atoms with Crippen molar-refractivity contribution >= 4 is 21.8 Å². The number of nitrogens with two attached hydrogens (primary N) is 1. The van der Waals surface area contributed by atoms with Crippen molar-refractivity contribution in [3.05, 3.63) is 28.2 Å². The summed E-state index contributed by atoms with van der Waals surface area (Å²) in [7, 11) is 3.11. The van der Waals surface area contributed by atoms with E-state index in [1.54, 1.807) is 7.11 Å². The summed E-state index contributed by atoms with van der Waals surface area (Å²) >= 11 is 3.39. The molecule has 0 saturated carbocycles. The molecular weight excluding hydrogens is 300 g/mol. The van der Waals surface area contributed by atoms with E-state index in [0.717, 1.165) is 15.8 Å². The fourth-order valence-electron chi connectivity index (χ4n) is 1.40. The number of carbonyl (C=O) groups is 1. The van der Waals surface area contributed by atoms with Crippen LogP contribution in [0.3, 0.4) is 0 Å². The van der Waals surface area contributed by atoms with E-state index in [1.165, 1.54) is 7.11 Å². The van der Waals surface area contributed by atoms with Crippen LogP contribution in [0.4, 0.5) is 0 Å². The largest absolute Gasteiger partial charge is 0.496 e. The number of benzene rings is 1. The number of nitrogens with one attached hydrogen (secondary N) is 1. The van der Waals surface area contributed by atoms with Crippen LogP contribution in [-0.2, 0) is 16.1 Å². The second-order valence-electron chi connectivity index (χ2n) is 3.75. The maximum atomic E-state index is 11.6. The Morgan fingerprint density at radius 1 is 1.50 bits per heavy atom. The van der Waals surface area contributed by atoms with E-state index >= 15 is 0 Å². The number of carbonyl (C=O) groups excluding carboxylic acids is 1. The average Bonchev–Trinajstić information content (AvgIpc) is 2.36. The van der Waals surface area contributed by atoms with Crippen molar-refractivity contribution < 1.29 is 14.3 Å². The van der Waals surface area contributed by atoms with Crippen molar-refractivity contribution in [3.8, 4) is 5.75 Å². The highest BCUT2D eigenvalue weighted by molar-refractivity contribution is 9.10. The molecule has 0 spiro atoms. The summed E-state index contributed by atoms with van der Waals surface area (Å²) in [4.78, 5) is 11.6. The first-order valence-corrected chi connectivity index (χ1v) is 6.22. The van der Waals surface area contributed by atoms with E-state index in [9.17, 15) is 4.79 Å². The number of methoxy groups -OCH3 is 2. The molecule has 6 heteroatoms. The fraction of sp³-hybridized carbons (Fsp3) is 0.417. The molecule has 0 fully saturated rings. The maximum absolute atomic E-state index is 11.6. The van der Waals surface area contributed by atoms with Crippen molar-refractivity contribution in [3.63, 3.8) is 0 Å². The van der Waals surface area contributed by atoms with Gasteiger partial charge in [-0.3, -0.25) is 4.79 Å². The Kier molecular flexibility index (Phi) is 6.11. The molecule has 1 amide bonds. The van der Waals surface area contributed by atoms with Gasteiger partial charge in [-0.15, -0.1) is 0 Å². The maximum Gasteiger partial charge on any atom is 0.239 e. The molecule has 0 aliphatic carbocycles. The number of rotatable bonds is 6. The Balaban J connectivity index is 2.53. The van der Waals surface area contributed by atoms with Gasteiger partial charge >= 0.3 is 0 Å². The van der Waals surface area contributed by atoms with E-state index in [0.29, 0.717) is 6.54 Å². The van der Waals surface area contributed by atoms with Crippen LogP contribution in [-0.4, -0.2) is 32.8 Å². The lowest BCUT2D eigenvalue weighted by molar-refractivity contribution is -0.123. The van der Waals surface area contributed by atoms with Gasteiger partial charge in [0.1, 0.15) is 11.8 Å². The molecule has 1 unspecified atom stereocenters. The van der Waals surface area contributed by atoms with Gasteiger partial charge < -0.3 is 20.5 Å². The van der Waals surface area contributed by atoms with Crippen LogP contribution in [0.15, 0.2) is 22.7 Å². The monoisotopic (exact) mass is 316 g/mol. The first-order chi connectivity index (χ1) is 8.58. The van der Waals surface area contributed by atoms with Crippen molar-refractivity contribution in [2.75, 3.05) is 20.8 Å². The molecule has 1 atom stereocenters. The number of hydrogen-bond acceptors (Lipinski definition) is 4. The molecule has 0 aromatic heterocycles. The minimum absolute atomic E-state index is 0.206. The Morgan fingerprint density at radius 3 is 2.78 bits per heavy atom. The molecule has 18 heavy (non-hydrogen) atoms. The third-order valence-corrected chi connectivity index (χ3v) is 2.99. The molecule has 3 N–H and O–H groups in total. The molecule has 0 aliphatic rings. The molecule has 1 aromatic rings. The molecule has 0 radical (unpaired) electrons. The smallest absolute Gasteiger partial charge is 0.239 e. The van der Waals surface area contributed by atoms with Crippen LogP contribution in [0.5, 0.6) is 5.75 Å². The summed E-state index contributed by atoms with van der Waals surface area (Å²) in [5.74, 6) is 0.518. The van der Waals surface area contributed by atoms with Crippen LogP contribution in [0.1, 0.15) is 5.56 Å². The standard InChI is InChI=1S/C12H17BrN2O3/c1-17-7-10(14)12(16)15-6-8-3-4-11(18-2)9(13)5-8/h3-5,10H,6-7,14H2,1-2H3,(H,15,16). The molecule has 100 valence electrons. The zero-order valence-corrected chi connectivity index (χ0v) is 12.0. The van der Waals surface area contributed by atoms with Gasteiger partial charge in [-0.1, -0.05) is 6.07 Å². The summed E-state index contributed by atoms with van der Waals surface area (Å²) in [6, 6.07) is 4.96. The second kappa shape index (κ2) is 7.35. The highest BCUT2D eigenvalue weighted by Gasteiger charge is 2.12. The number of halogens is 1. The van der Waals surface area contributed by atoms with E-state index in [2.05, 4.69) is 21.2 Å². The quantitative estimate of drug-likeness (QED) is 0.822. The first kappa shape index (κ1) is 14.9. The highest BCUT2D eigenvalue weighted by atomic mass is 79.9. The van der Waals surface area contributed by atoms with Crippen molar-refractivity contribution in [1.82, 2.24) is 5.32 Å². The lowest BCUT2D eigenvalue weighted by Gasteiger charge is -2.12. The summed E-state index contributed by atoms with van der Waals surface area (Å²) in [5, 5.41) is 2.74. The normalized spacial score (nSPS) is 12.0. The molecule has 1 rings (SSSR count). The van der Waals surface area contributed by atoms with Gasteiger partial charge in [0.05, 0.1) is 18.2 Å². The van der Waals surface area contributed by atoms with Crippen molar-refractivity contribution in [2.45, 2.75) is 12.6 Å². The van der Waals surface area contributed by atoms with Gasteiger partial charge in [0.25, 0.3) is 0 Å². The van der Waals surface area contributed by atoms with E-state index in [4.69, 9.17) is 15.2 Å². The third kappa shape index (κ3) is 4.29. The zero-order chi connectivity index (χ0) is 13.5. The molecule has 0 heterocycles. The van der Waals surface area contributed by atoms with E-state index in [1.807, 2.05) is 18.2 Å². The number of ether oxygens (including phenoxy) is 2. The average molecular weight is 317 g/mol. The molecule has 0 saturated heterocycles. The Morgan fingerprint density at radius 2 is 2.22 bits per heavy atom. The summed E-state index contributed by atoms with van der Waals surface area (Å²) < 4.78 is 10.8. The predicted molar refractivity (Wildman–Crippen MR) is 72.4 cm³/mol. The molecule has 0 aliphatic heterocycles. The van der Waals surface area contributed by atoms with Gasteiger partial charge in [0.2, 0.25) is 5.91 Å². The van der Waals surface area contributed by atoms with Crippen LogP contribution in [0, 0.1) is 0 Å². The van der Waals surface area contributed by atoms with Crippen LogP contribution in [0.2, 0.25) is 0 Å². The molecular formula is C12H17BrN2O3. The van der Waals surface area contributed by atoms with Gasteiger partial charge in [0.15, 0.2) is 0 Å². The Hall–Kier alpha value is -1.11. The molecule has 5 nitrogen and oxygen atoms in total. The molecule has 0 bridgehead atoms. The van der Waals surface area contributed by atoms with Gasteiger partial charge in [-0.25, -0.2) is 0 Å². The second-order valence-corrected chi connectivity index (χ2v) is 4.60. The minimum Gasteiger partial charge on any atom is -0.496 e. The Bertz CT molecular complexity index is 412. The van der Waals surface area contributed by atoms with Gasteiger partial charge in [-0.05, 0) is 33.6 Å².